The lowest BCUT2D eigenvalue weighted by molar-refractivity contribution is 0.0604. The van der Waals surface area contributed by atoms with Crippen molar-refractivity contribution in [3.05, 3.63) is 29.3 Å². The normalized spacial score (nSPS) is 18.3. The van der Waals surface area contributed by atoms with E-state index in [0.717, 1.165) is 12.2 Å². The van der Waals surface area contributed by atoms with Crippen LogP contribution in [0.25, 0.3) is 0 Å². The van der Waals surface area contributed by atoms with E-state index in [1.165, 1.54) is 24.0 Å². The predicted octanol–water partition coefficient (Wildman–Crippen LogP) is 2.32. The highest BCUT2D eigenvalue weighted by atomic mass is 16.5. The molecule has 0 saturated carbocycles. The Kier molecular flexibility index (Phi) is 2.96. The average molecular weight is 206 g/mol. The first-order valence-corrected chi connectivity index (χ1v) is 5.63. The standard InChI is InChI=1S/C13H18O2/c1-9(14)10(2)15-13-7-6-11-4-3-5-12(11)8-13/h6-10,14H,3-5H2,1-2H3. The maximum absolute atomic E-state index is 9.35. The fourth-order valence-electron chi connectivity index (χ4n) is 1.93. The number of aliphatic hydroxyl groups is 1. The molecule has 0 radical (unpaired) electrons. The molecule has 0 bridgehead atoms. The summed E-state index contributed by atoms with van der Waals surface area (Å²) < 4.78 is 5.65. The van der Waals surface area contributed by atoms with Gasteiger partial charge in [-0.2, -0.15) is 0 Å². The van der Waals surface area contributed by atoms with Gasteiger partial charge in [-0.05, 0) is 56.4 Å². The Bertz CT molecular complexity index is 344. The summed E-state index contributed by atoms with van der Waals surface area (Å²) in [5.74, 6) is 0.879. The van der Waals surface area contributed by atoms with Crippen molar-refractivity contribution in [2.45, 2.75) is 45.3 Å². The predicted molar refractivity (Wildman–Crippen MR) is 60.2 cm³/mol. The quantitative estimate of drug-likeness (QED) is 0.822. The molecule has 0 fully saturated rings. The van der Waals surface area contributed by atoms with Crippen LogP contribution in [0.2, 0.25) is 0 Å². The fourth-order valence-corrected chi connectivity index (χ4v) is 1.93. The molecule has 0 saturated heterocycles. The summed E-state index contributed by atoms with van der Waals surface area (Å²) in [7, 11) is 0. The average Bonchev–Trinajstić information content (AvgIpc) is 2.64. The molecule has 1 aromatic carbocycles. The molecule has 0 spiro atoms. The molecule has 2 unspecified atom stereocenters. The highest BCUT2D eigenvalue weighted by Gasteiger charge is 2.14. The largest absolute Gasteiger partial charge is 0.488 e. The highest BCUT2D eigenvalue weighted by Crippen LogP contribution is 2.26. The van der Waals surface area contributed by atoms with Gasteiger partial charge in [-0.3, -0.25) is 0 Å². The van der Waals surface area contributed by atoms with E-state index in [1.807, 2.05) is 13.0 Å². The Morgan fingerprint density at radius 3 is 2.67 bits per heavy atom. The molecule has 15 heavy (non-hydrogen) atoms. The third kappa shape index (κ3) is 2.32. The van der Waals surface area contributed by atoms with Crippen molar-refractivity contribution < 1.29 is 9.84 Å². The lowest BCUT2D eigenvalue weighted by Crippen LogP contribution is -2.25. The summed E-state index contributed by atoms with van der Waals surface area (Å²) >= 11 is 0. The van der Waals surface area contributed by atoms with Crippen LogP contribution >= 0.6 is 0 Å². The van der Waals surface area contributed by atoms with Crippen LogP contribution < -0.4 is 4.74 Å². The summed E-state index contributed by atoms with van der Waals surface area (Å²) in [6.45, 7) is 3.63. The van der Waals surface area contributed by atoms with Gasteiger partial charge in [0.2, 0.25) is 0 Å². The van der Waals surface area contributed by atoms with Crippen molar-refractivity contribution in [1.82, 2.24) is 0 Å². The first-order chi connectivity index (χ1) is 7.16. The van der Waals surface area contributed by atoms with Crippen molar-refractivity contribution in [3.8, 4) is 5.75 Å². The van der Waals surface area contributed by atoms with Crippen LogP contribution in [0.1, 0.15) is 31.4 Å². The Morgan fingerprint density at radius 2 is 1.93 bits per heavy atom. The number of benzene rings is 1. The number of ether oxygens (including phenoxy) is 1. The Morgan fingerprint density at radius 1 is 1.20 bits per heavy atom. The zero-order valence-corrected chi connectivity index (χ0v) is 9.36. The van der Waals surface area contributed by atoms with Gasteiger partial charge >= 0.3 is 0 Å². The first kappa shape index (κ1) is 10.5. The number of fused-ring (bicyclic) bond motifs is 1. The third-order valence-corrected chi connectivity index (χ3v) is 3.07. The molecule has 1 aliphatic rings. The molecule has 1 aliphatic carbocycles. The third-order valence-electron chi connectivity index (χ3n) is 3.07. The van der Waals surface area contributed by atoms with Crippen LogP contribution in [-0.4, -0.2) is 17.3 Å². The van der Waals surface area contributed by atoms with Crippen molar-refractivity contribution in [3.63, 3.8) is 0 Å². The van der Waals surface area contributed by atoms with Crippen LogP contribution in [-0.2, 0) is 12.8 Å². The molecule has 2 nitrogen and oxygen atoms in total. The van der Waals surface area contributed by atoms with Crippen LogP contribution in [0.15, 0.2) is 18.2 Å². The molecule has 0 aliphatic heterocycles. The maximum atomic E-state index is 9.35. The molecular weight excluding hydrogens is 188 g/mol. The number of hydrogen-bond acceptors (Lipinski definition) is 2. The van der Waals surface area contributed by atoms with E-state index in [0.29, 0.717) is 0 Å². The monoisotopic (exact) mass is 206 g/mol. The van der Waals surface area contributed by atoms with Gasteiger partial charge in [0.25, 0.3) is 0 Å². The topological polar surface area (TPSA) is 29.5 Å². The van der Waals surface area contributed by atoms with Gasteiger partial charge in [-0.1, -0.05) is 6.07 Å². The molecule has 2 rings (SSSR count). The van der Waals surface area contributed by atoms with Gasteiger partial charge in [0.15, 0.2) is 0 Å². The van der Waals surface area contributed by atoms with E-state index in [9.17, 15) is 5.11 Å². The molecule has 1 aromatic rings. The van der Waals surface area contributed by atoms with Crippen molar-refractivity contribution in [2.24, 2.45) is 0 Å². The Balaban J connectivity index is 2.10. The van der Waals surface area contributed by atoms with Gasteiger partial charge in [0.05, 0.1) is 6.10 Å². The second-order valence-corrected chi connectivity index (χ2v) is 4.35. The van der Waals surface area contributed by atoms with Crippen LogP contribution in [0.4, 0.5) is 0 Å². The molecule has 2 heteroatoms. The molecule has 2 atom stereocenters. The van der Waals surface area contributed by atoms with E-state index in [-0.39, 0.29) is 6.10 Å². The molecule has 0 aromatic heterocycles. The summed E-state index contributed by atoms with van der Waals surface area (Å²) in [6.07, 6.45) is 3.03. The van der Waals surface area contributed by atoms with Crippen LogP contribution in [0, 0.1) is 0 Å². The minimum atomic E-state index is -0.432. The zero-order chi connectivity index (χ0) is 10.8. The van der Waals surface area contributed by atoms with E-state index in [4.69, 9.17) is 4.74 Å². The SMILES string of the molecule is CC(O)C(C)Oc1ccc2c(c1)CCC2. The van der Waals surface area contributed by atoms with Gasteiger partial charge < -0.3 is 9.84 Å². The molecule has 82 valence electrons. The Hall–Kier alpha value is -1.02. The van der Waals surface area contributed by atoms with Gasteiger partial charge in [-0.15, -0.1) is 0 Å². The highest BCUT2D eigenvalue weighted by molar-refractivity contribution is 5.38. The smallest absolute Gasteiger partial charge is 0.121 e. The molecule has 0 heterocycles. The van der Waals surface area contributed by atoms with Crippen molar-refractivity contribution in [1.29, 1.82) is 0 Å². The number of rotatable bonds is 3. The number of aliphatic hydroxyl groups excluding tert-OH is 1. The first-order valence-electron chi connectivity index (χ1n) is 5.63. The van der Waals surface area contributed by atoms with E-state index in [2.05, 4.69) is 12.1 Å². The van der Waals surface area contributed by atoms with E-state index in [1.54, 1.807) is 6.92 Å². The fraction of sp³-hybridized carbons (Fsp3) is 0.538. The summed E-state index contributed by atoms with van der Waals surface area (Å²) in [5.41, 5.74) is 2.86. The van der Waals surface area contributed by atoms with Crippen molar-refractivity contribution in [2.75, 3.05) is 0 Å². The summed E-state index contributed by atoms with van der Waals surface area (Å²) in [5, 5.41) is 9.35. The minimum Gasteiger partial charge on any atom is -0.488 e. The second kappa shape index (κ2) is 4.23. The van der Waals surface area contributed by atoms with Gasteiger partial charge in [0.1, 0.15) is 11.9 Å². The van der Waals surface area contributed by atoms with Gasteiger partial charge in [0, 0.05) is 0 Å². The van der Waals surface area contributed by atoms with Crippen LogP contribution in [0.5, 0.6) is 5.75 Å². The van der Waals surface area contributed by atoms with Crippen molar-refractivity contribution >= 4 is 0 Å². The maximum Gasteiger partial charge on any atom is 0.121 e. The number of aryl methyl sites for hydroxylation is 2. The lowest BCUT2D eigenvalue weighted by Gasteiger charge is -2.17. The lowest BCUT2D eigenvalue weighted by atomic mass is 10.1. The molecular formula is C13H18O2. The van der Waals surface area contributed by atoms with E-state index >= 15 is 0 Å². The Labute approximate surface area is 90.9 Å². The number of hydrogen-bond donors (Lipinski definition) is 1. The minimum absolute atomic E-state index is 0.149. The summed E-state index contributed by atoms with van der Waals surface area (Å²) in [4.78, 5) is 0. The molecule has 1 N–H and O–H groups in total. The molecule has 0 amide bonds. The summed E-state index contributed by atoms with van der Waals surface area (Å²) in [6, 6.07) is 6.26. The second-order valence-electron chi connectivity index (χ2n) is 4.35. The van der Waals surface area contributed by atoms with E-state index < -0.39 is 6.10 Å². The van der Waals surface area contributed by atoms with Crippen LogP contribution in [0.3, 0.4) is 0 Å². The zero-order valence-electron chi connectivity index (χ0n) is 9.36. The van der Waals surface area contributed by atoms with Gasteiger partial charge in [-0.25, -0.2) is 0 Å².